The highest BCUT2D eigenvalue weighted by Gasteiger charge is 2.24. The van der Waals surface area contributed by atoms with E-state index in [1.165, 1.54) is 36.9 Å². The number of hydrogen-bond donors (Lipinski definition) is 2. The second-order valence-electron chi connectivity index (χ2n) is 5.80. The highest BCUT2D eigenvalue weighted by Crippen LogP contribution is 2.24. The maximum absolute atomic E-state index is 12.3. The van der Waals surface area contributed by atoms with Gasteiger partial charge in [0.2, 0.25) is 0 Å². The van der Waals surface area contributed by atoms with Crippen LogP contribution in [0.2, 0.25) is 0 Å². The zero-order chi connectivity index (χ0) is 16.1. The lowest BCUT2D eigenvalue weighted by Crippen LogP contribution is -2.38. The SMILES string of the molecule is O=C(NCC(c1ccccc1)N1CCCC1)c1c[nH]ccc1=O. The van der Waals surface area contributed by atoms with E-state index in [4.69, 9.17) is 0 Å². The van der Waals surface area contributed by atoms with E-state index in [-0.39, 0.29) is 22.9 Å². The summed E-state index contributed by atoms with van der Waals surface area (Å²) >= 11 is 0. The fourth-order valence-electron chi connectivity index (χ4n) is 3.06. The number of nitrogens with zero attached hydrogens (tertiary/aromatic N) is 1. The number of pyridine rings is 1. The molecule has 0 radical (unpaired) electrons. The molecule has 0 spiro atoms. The van der Waals surface area contributed by atoms with Crippen molar-refractivity contribution in [2.75, 3.05) is 19.6 Å². The van der Waals surface area contributed by atoms with E-state index in [0.29, 0.717) is 6.54 Å². The molecule has 1 aromatic carbocycles. The molecule has 2 heterocycles. The summed E-state index contributed by atoms with van der Waals surface area (Å²) in [6.07, 6.45) is 5.35. The largest absolute Gasteiger partial charge is 0.367 e. The van der Waals surface area contributed by atoms with E-state index in [9.17, 15) is 9.59 Å². The van der Waals surface area contributed by atoms with Gasteiger partial charge in [-0.05, 0) is 31.5 Å². The van der Waals surface area contributed by atoms with Crippen LogP contribution in [0.1, 0.15) is 34.8 Å². The van der Waals surface area contributed by atoms with Gasteiger partial charge in [0.15, 0.2) is 5.43 Å². The molecular weight excluding hydrogens is 290 g/mol. The number of rotatable bonds is 5. The van der Waals surface area contributed by atoms with Crippen LogP contribution >= 0.6 is 0 Å². The van der Waals surface area contributed by atoms with Crippen molar-refractivity contribution in [2.45, 2.75) is 18.9 Å². The predicted octanol–water partition coefficient (Wildman–Crippen LogP) is 1.94. The first-order chi connectivity index (χ1) is 11.3. The molecule has 1 aliphatic heterocycles. The Bertz CT molecular complexity index is 705. The normalized spacial score (nSPS) is 16.2. The van der Waals surface area contributed by atoms with Crippen LogP contribution in [0.5, 0.6) is 0 Å². The van der Waals surface area contributed by atoms with Gasteiger partial charge < -0.3 is 10.3 Å². The molecule has 1 aromatic heterocycles. The number of nitrogens with one attached hydrogen (secondary N) is 2. The minimum absolute atomic E-state index is 0.144. The number of H-pyrrole nitrogens is 1. The fourth-order valence-corrected chi connectivity index (χ4v) is 3.06. The molecule has 0 bridgehead atoms. The average molecular weight is 311 g/mol. The Balaban J connectivity index is 1.73. The van der Waals surface area contributed by atoms with E-state index < -0.39 is 0 Å². The second kappa shape index (κ2) is 7.24. The molecule has 0 saturated carbocycles. The molecule has 3 rings (SSSR count). The Labute approximate surface area is 135 Å². The summed E-state index contributed by atoms with van der Waals surface area (Å²) in [4.78, 5) is 29.2. The number of hydrogen-bond acceptors (Lipinski definition) is 3. The molecule has 23 heavy (non-hydrogen) atoms. The van der Waals surface area contributed by atoms with Gasteiger partial charge in [-0.25, -0.2) is 0 Å². The van der Waals surface area contributed by atoms with Gasteiger partial charge in [0.05, 0.1) is 6.04 Å². The third-order valence-electron chi connectivity index (χ3n) is 4.29. The number of amides is 1. The molecule has 2 aromatic rings. The van der Waals surface area contributed by atoms with Gasteiger partial charge in [0.25, 0.3) is 5.91 Å². The molecule has 1 aliphatic rings. The fraction of sp³-hybridized carbons (Fsp3) is 0.333. The van der Waals surface area contributed by atoms with Gasteiger partial charge in [0.1, 0.15) is 5.56 Å². The smallest absolute Gasteiger partial charge is 0.256 e. The second-order valence-corrected chi connectivity index (χ2v) is 5.80. The number of likely N-dealkylation sites (tertiary alicyclic amines) is 1. The first-order valence-electron chi connectivity index (χ1n) is 8.00. The summed E-state index contributed by atoms with van der Waals surface area (Å²) in [5.41, 5.74) is 1.08. The Hall–Kier alpha value is -2.40. The topological polar surface area (TPSA) is 65.2 Å². The van der Waals surface area contributed by atoms with Crippen molar-refractivity contribution in [2.24, 2.45) is 0 Å². The van der Waals surface area contributed by atoms with Gasteiger partial charge in [-0.2, -0.15) is 0 Å². The van der Waals surface area contributed by atoms with Crippen molar-refractivity contribution < 1.29 is 4.79 Å². The van der Waals surface area contributed by atoms with Crippen LogP contribution < -0.4 is 10.7 Å². The molecule has 120 valence electrons. The van der Waals surface area contributed by atoms with E-state index in [2.05, 4.69) is 27.3 Å². The van der Waals surface area contributed by atoms with Crippen LogP contribution in [0, 0.1) is 0 Å². The molecule has 2 N–H and O–H groups in total. The monoisotopic (exact) mass is 311 g/mol. The van der Waals surface area contributed by atoms with Crippen molar-refractivity contribution in [1.29, 1.82) is 0 Å². The summed E-state index contributed by atoms with van der Waals surface area (Å²) in [6, 6.07) is 11.7. The van der Waals surface area contributed by atoms with Crippen molar-refractivity contribution in [3.63, 3.8) is 0 Å². The van der Waals surface area contributed by atoms with Crippen LogP contribution in [0.4, 0.5) is 0 Å². The van der Waals surface area contributed by atoms with E-state index in [1.807, 2.05) is 18.2 Å². The summed E-state index contributed by atoms with van der Waals surface area (Å²) in [6.45, 7) is 2.58. The van der Waals surface area contributed by atoms with Gasteiger partial charge in [-0.15, -0.1) is 0 Å². The summed E-state index contributed by atoms with van der Waals surface area (Å²) in [7, 11) is 0. The lowest BCUT2D eigenvalue weighted by Gasteiger charge is -2.28. The lowest BCUT2D eigenvalue weighted by atomic mass is 10.1. The van der Waals surface area contributed by atoms with Gasteiger partial charge in [-0.3, -0.25) is 14.5 Å². The Morgan fingerprint density at radius 1 is 1.17 bits per heavy atom. The third kappa shape index (κ3) is 3.68. The molecule has 1 amide bonds. The van der Waals surface area contributed by atoms with Crippen LogP contribution in [-0.4, -0.2) is 35.4 Å². The number of aromatic nitrogens is 1. The zero-order valence-electron chi connectivity index (χ0n) is 13.0. The van der Waals surface area contributed by atoms with Gasteiger partial charge in [-0.1, -0.05) is 30.3 Å². The van der Waals surface area contributed by atoms with Crippen LogP contribution in [0.15, 0.2) is 53.6 Å². The molecule has 1 atom stereocenters. The number of carbonyl (C=O) groups is 1. The van der Waals surface area contributed by atoms with Crippen molar-refractivity contribution >= 4 is 5.91 Å². The minimum atomic E-state index is -0.327. The number of benzene rings is 1. The van der Waals surface area contributed by atoms with Gasteiger partial charge >= 0.3 is 0 Å². The molecule has 0 aliphatic carbocycles. The quantitative estimate of drug-likeness (QED) is 0.887. The van der Waals surface area contributed by atoms with Crippen molar-refractivity contribution in [3.05, 3.63) is 70.1 Å². The Morgan fingerprint density at radius 2 is 1.91 bits per heavy atom. The predicted molar refractivity (Wildman–Crippen MR) is 89.4 cm³/mol. The summed E-state index contributed by atoms with van der Waals surface area (Å²) in [5.74, 6) is -0.327. The average Bonchev–Trinajstić information content (AvgIpc) is 3.10. The van der Waals surface area contributed by atoms with Crippen molar-refractivity contribution in [3.8, 4) is 0 Å². The lowest BCUT2D eigenvalue weighted by molar-refractivity contribution is 0.0936. The molecule has 1 fully saturated rings. The summed E-state index contributed by atoms with van der Waals surface area (Å²) < 4.78 is 0. The minimum Gasteiger partial charge on any atom is -0.367 e. The zero-order valence-corrected chi connectivity index (χ0v) is 13.0. The molecule has 5 heteroatoms. The number of carbonyl (C=O) groups excluding carboxylic acids is 1. The Kier molecular flexibility index (Phi) is 4.88. The van der Waals surface area contributed by atoms with Crippen molar-refractivity contribution in [1.82, 2.24) is 15.2 Å². The third-order valence-corrected chi connectivity index (χ3v) is 4.29. The summed E-state index contributed by atoms with van der Waals surface area (Å²) in [5, 5.41) is 2.91. The maximum atomic E-state index is 12.3. The van der Waals surface area contributed by atoms with Crippen LogP contribution in [0.25, 0.3) is 0 Å². The Morgan fingerprint density at radius 3 is 2.61 bits per heavy atom. The highest BCUT2D eigenvalue weighted by molar-refractivity contribution is 5.93. The highest BCUT2D eigenvalue weighted by atomic mass is 16.2. The standard InChI is InChI=1S/C18H21N3O2/c22-17-8-9-19-12-15(17)18(23)20-13-16(21-10-4-5-11-21)14-6-2-1-3-7-14/h1-3,6-9,12,16H,4-5,10-11,13H2,(H,19,22)(H,20,23). The molecular formula is C18H21N3O2. The van der Waals surface area contributed by atoms with Crippen LogP contribution in [0.3, 0.4) is 0 Å². The van der Waals surface area contributed by atoms with E-state index in [1.54, 1.807) is 0 Å². The van der Waals surface area contributed by atoms with E-state index >= 15 is 0 Å². The first kappa shape index (κ1) is 15.5. The van der Waals surface area contributed by atoms with Crippen LogP contribution in [-0.2, 0) is 0 Å². The molecule has 1 saturated heterocycles. The number of aromatic amines is 1. The van der Waals surface area contributed by atoms with Gasteiger partial charge in [0, 0.05) is 25.0 Å². The van der Waals surface area contributed by atoms with E-state index in [0.717, 1.165) is 13.1 Å². The maximum Gasteiger partial charge on any atom is 0.256 e. The molecule has 5 nitrogen and oxygen atoms in total. The first-order valence-corrected chi connectivity index (χ1v) is 8.00. The molecule has 1 unspecified atom stereocenters.